The molecule has 8 heteroatoms. The first-order chi connectivity index (χ1) is 18.5. The van der Waals surface area contributed by atoms with Crippen molar-refractivity contribution in [3.05, 3.63) is 89.5 Å². The highest BCUT2D eigenvalue weighted by atomic mass is 16.5. The van der Waals surface area contributed by atoms with E-state index in [-0.39, 0.29) is 24.8 Å². The van der Waals surface area contributed by atoms with Crippen LogP contribution >= 0.6 is 0 Å². The SMILES string of the molecule is COCCNC(=O)[C@@H](Cc1ccccc1)N(Cc1ccc(OC)cc1)C(=O)Cc1ccc(OC)c(OC)c1. The van der Waals surface area contributed by atoms with Crippen LogP contribution < -0.4 is 19.5 Å². The average molecular weight is 521 g/mol. The molecule has 0 heterocycles. The van der Waals surface area contributed by atoms with Crippen LogP contribution in [0.3, 0.4) is 0 Å². The lowest BCUT2D eigenvalue weighted by molar-refractivity contribution is -0.140. The van der Waals surface area contributed by atoms with Gasteiger partial charge in [-0.05, 0) is 41.0 Å². The Hall–Kier alpha value is -4.04. The second-order valence-electron chi connectivity index (χ2n) is 8.73. The normalized spacial score (nSPS) is 11.4. The summed E-state index contributed by atoms with van der Waals surface area (Å²) in [5.41, 5.74) is 2.60. The van der Waals surface area contributed by atoms with Gasteiger partial charge < -0.3 is 29.2 Å². The number of benzene rings is 3. The van der Waals surface area contributed by atoms with Crippen LogP contribution in [0.2, 0.25) is 0 Å². The highest BCUT2D eigenvalue weighted by molar-refractivity contribution is 5.89. The molecule has 1 atom stereocenters. The summed E-state index contributed by atoms with van der Waals surface area (Å²) in [6, 6.07) is 21.8. The van der Waals surface area contributed by atoms with Crippen molar-refractivity contribution < 1.29 is 28.5 Å². The van der Waals surface area contributed by atoms with Crippen LogP contribution in [0.15, 0.2) is 72.8 Å². The van der Waals surface area contributed by atoms with E-state index in [9.17, 15) is 9.59 Å². The van der Waals surface area contributed by atoms with E-state index < -0.39 is 6.04 Å². The van der Waals surface area contributed by atoms with E-state index in [1.807, 2.05) is 60.7 Å². The second kappa shape index (κ2) is 14.6. The molecule has 3 aromatic carbocycles. The third kappa shape index (κ3) is 7.98. The maximum absolute atomic E-state index is 13.9. The van der Waals surface area contributed by atoms with Crippen LogP contribution in [0.4, 0.5) is 0 Å². The summed E-state index contributed by atoms with van der Waals surface area (Å²) >= 11 is 0. The first-order valence-corrected chi connectivity index (χ1v) is 12.4. The summed E-state index contributed by atoms with van der Waals surface area (Å²) < 4.78 is 21.1. The Labute approximate surface area is 224 Å². The minimum atomic E-state index is -0.732. The predicted molar refractivity (Wildman–Crippen MR) is 146 cm³/mol. The summed E-state index contributed by atoms with van der Waals surface area (Å²) in [6.45, 7) is 0.980. The molecule has 2 amide bonds. The molecule has 3 aromatic rings. The number of rotatable bonds is 14. The molecular weight excluding hydrogens is 484 g/mol. The van der Waals surface area contributed by atoms with Crippen molar-refractivity contribution in [2.75, 3.05) is 41.6 Å². The molecule has 0 saturated carbocycles. The molecule has 202 valence electrons. The van der Waals surface area contributed by atoms with Gasteiger partial charge in [-0.1, -0.05) is 48.5 Å². The number of hydrogen-bond acceptors (Lipinski definition) is 6. The Morgan fingerprint density at radius 3 is 2.11 bits per heavy atom. The molecule has 0 fully saturated rings. The summed E-state index contributed by atoms with van der Waals surface area (Å²) in [7, 11) is 6.31. The monoisotopic (exact) mass is 520 g/mol. The number of carbonyl (C=O) groups is 2. The van der Waals surface area contributed by atoms with Gasteiger partial charge in [0.05, 0.1) is 34.4 Å². The van der Waals surface area contributed by atoms with Crippen molar-refractivity contribution in [3.63, 3.8) is 0 Å². The Kier molecular flexibility index (Phi) is 11.0. The van der Waals surface area contributed by atoms with Gasteiger partial charge in [0.2, 0.25) is 11.8 Å². The molecule has 0 aliphatic carbocycles. The van der Waals surface area contributed by atoms with E-state index in [1.165, 1.54) is 0 Å². The topological polar surface area (TPSA) is 86.3 Å². The van der Waals surface area contributed by atoms with Crippen molar-refractivity contribution in [3.8, 4) is 17.2 Å². The average Bonchev–Trinajstić information content (AvgIpc) is 2.95. The molecule has 38 heavy (non-hydrogen) atoms. The van der Waals surface area contributed by atoms with Gasteiger partial charge in [-0.2, -0.15) is 0 Å². The fraction of sp³-hybridized carbons (Fsp3) is 0.333. The second-order valence-corrected chi connectivity index (χ2v) is 8.73. The fourth-order valence-corrected chi connectivity index (χ4v) is 4.14. The van der Waals surface area contributed by atoms with Gasteiger partial charge in [0.25, 0.3) is 0 Å². The van der Waals surface area contributed by atoms with Crippen molar-refractivity contribution in [1.29, 1.82) is 0 Å². The van der Waals surface area contributed by atoms with E-state index in [1.54, 1.807) is 45.5 Å². The molecule has 0 aliphatic heterocycles. The molecule has 0 saturated heterocycles. The fourth-order valence-electron chi connectivity index (χ4n) is 4.14. The summed E-state index contributed by atoms with van der Waals surface area (Å²) in [5.74, 6) is 1.42. The lowest BCUT2D eigenvalue weighted by Gasteiger charge is -2.32. The Morgan fingerprint density at radius 1 is 0.789 bits per heavy atom. The smallest absolute Gasteiger partial charge is 0.243 e. The number of nitrogens with one attached hydrogen (secondary N) is 1. The maximum atomic E-state index is 13.9. The zero-order valence-corrected chi connectivity index (χ0v) is 22.4. The number of hydrogen-bond donors (Lipinski definition) is 1. The third-order valence-electron chi connectivity index (χ3n) is 6.19. The number of methoxy groups -OCH3 is 4. The number of amides is 2. The highest BCUT2D eigenvalue weighted by Gasteiger charge is 2.30. The van der Waals surface area contributed by atoms with Gasteiger partial charge in [0.15, 0.2) is 11.5 Å². The lowest BCUT2D eigenvalue weighted by atomic mass is 10.0. The van der Waals surface area contributed by atoms with Gasteiger partial charge >= 0.3 is 0 Å². The molecule has 0 radical (unpaired) electrons. The maximum Gasteiger partial charge on any atom is 0.243 e. The van der Waals surface area contributed by atoms with E-state index in [4.69, 9.17) is 18.9 Å². The lowest BCUT2D eigenvalue weighted by Crippen LogP contribution is -2.51. The van der Waals surface area contributed by atoms with Crippen LogP contribution in [0.1, 0.15) is 16.7 Å². The molecule has 0 spiro atoms. The minimum absolute atomic E-state index is 0.0904. The molecule has 8 nitrogen and oxygen atoms in total. The third-order valence-corrected chi connectivity index (χ3v) is 6.19. The van der Waals surface area contributed by atoms with E-state index in [0.29, 0.717) is 31.1 Å². The molecule has 0 bridgehead atoms. The van der Waals surface area contributed by atoms with Crippen LogP contribution in [0.5, 0.6) is 17.2 Å². The largest absolute Gasteiger partial charge is 0.497 e. The minimum Gasteiger partial charge on any atom is -0.497 e. The zero-order valence-electron chi connectivity index (χ0n) is 22.4. The van der Waals surface area contributed by atoms with Crippen LogP contribution in [-0.2, 0) is 33.7 Å². The number of nitrogens with zero attached hydrogens (tertiary/aromatic N) is 1. The summed E-state index contributed by atoms with van der Waals surface area (Å²) in [5, 5.41) is 2.93. The zero-order chi connectivity index (χ0) is 27.3. The van der Waals surface area contributed by atoms with Crippen LogP contribution in [0, 0.1) is 0 Å². The molecule has 0 unspecified atom stereocenters. The van der Waals surface area contributed by atoms with E-state index in [2.05, 4.69) is 5.32 Å². The molecule has 0 aromatic heterocycles. The quantitative estimate of drug-likeness (QED) is 0.327. The Balaban J connectivity index is 1.96. The van der Waals surface area contributed by atoms with E-state index in [0.717, 1.165) is 22.4 Å². The predicted octanol–water partition coefficient (Wildman–Crippen LogP) is 3.66. The first-order valence-electron chi connectivity index (χ1n) is 12.4. The molecular formula is C30H36N2O6. The van der Waals surface area contributed by atoms with Crippen molar-refractivity contribution in [2.45, 2.75) is 25.4 Å². The van der Waals surface area contributed by atoms with Gasteiger partial charge in [-0.3, -0.25) is 9.59 Å². The molecule has 3 rings (SSSR count). The van der Waals surface area contributed by atoms with Gasteiger partial charge in [-0.15, -0.1) is 0 Å². The van der Waals surface area contributed by atoms with Crippen molar-refractivity contribution in [2.24, 2.45) is 0 Å². The Bertz CT molecular complexity index is 1170. The standard InChI is InChI=1S/C30H36N2O6/c1-35-17-16-31-30(34)26(18-22-8-6-5-7-9-22)32(21-23-10-13-25(36-2)14-11-23)29(33)20-24-12-15-27(37-3)28(19-24)38-4/h5-15,19,26H,16-18,20-21H2,1-4H3,(H,31,34)/t26-/m1/s1. The van der Waals surface area contributed by atoms with Crippen LogP contribution in [-0.4, -0.2) is 64.3 Å². The molecule has 0 aliphatic rings. The molecule has 1 N–H and O–H groups in total. The first kappa shape index (κ1) is 28.5. The van der Waals surface area contributed by atoms with Crippen molar-refractivity contribution >= 4 is 11.8 Å². The summed E-state index contributed by atoms with van der Waals surface area (Å²) in [6.07, 6.45) is 0.459. The van der Waals surface area contributed by atoms with E-state index >= 15 is 0 Å². The highest BCUT2D eigenvalue weighted by Crippen LogP contribution is 2.28. The van der Waals surface area contributed by atoms with Crippen molar-refractivity contribution in [1.82, 2.24) is 10.2 Å². The van der Waals surface area contributed by atoms with Gasteiger partial charge in [0, 0.05) is 26.6 Å². The summed E-state index contributed by atoms with van der Waals surface area (Å²) in [4.78, 5) is 29.0. The Morgan fingerprint density at radius 2 is 1.47 bits per heavy atom. The number of ether oxygens (including phenoxy) is 4. The van der Waals surface area contributed by atoms with Crippen LogP contribution in [0.25, 0.3) is 0 Å². The number of carbonyl (C=O) groups excluding carboxylic acids is 2. The van der Waals surface area contributed by atoms with Gasteiger partial charge in [-0.25, -0.2) is 0 Å². The van der Waals surface area contributed by atoms with Gasteiger partial charge in [0.1, 0.15) is 11.8 Å².